The van der Waals surface area contributed by atoms with Crippen LogP contribution in [0.1, 0.15) is 6.92 Å². The molecule has 0 saturated carbocycles. The van der Waals surface area contributed by atoms with E-state index < -0.39 is 5.97 Å². The lowest BCUT2D eigenvalue weighted by Crippen LogP contribution is -2.30. The van der Waals surface area contributed by atoms with E-state index in [1.54, 1.807) is 0 Å². The first-order valence-electron chi connectivity index (χ1n) is 7.35. The van der Waals surface area contributed by atoms with Crippen LogP contribution in [0.2, 0.25) is 0 Å². The molecule has 0 aromatic heterocycles. The van der Waals surface area contributed by atoms with Gasteiger partial charge >= 0.3 is 5.97 Å². The van der Waals surface area contributed by atoms with E-state index in [1.165, 1.54) is 0 Å². The van der Waals surface area contributed by atoms with Crippen molar-refractivity contribution in [3.63, 3.8) is 0 Å². The van der Waals surface area contributed by atoms with Gasteiger partial charge in [0.05, 0.1) is 17.9 Å². The number of para-hydroxylation sites is 1. The minimum Gasteiger partial charge on any atom is -0.480 e. The Morgan fingerprint density at radius 2 is 2.00 bits per heavy atom. The molecule has 6 heteroatoms. The Morgan fingerprint density at radius 3 is 2.68 bits per heavy atom. The van der Waals surface area contributed by atoms with Crippen molar-refractivity contribution in [3.8, 4) is 0 Å². The predicted molar refractivity (Wildman–Crippen MR) is 85.8 cm³/mol. The molecule has 1 N–H and O–H groups in total. The van der Waals surface area contributed by atoms with Crippen LogP contribution in [0.15, 0.2) is 46.8 Å². The van der Waals surface area contributed by atoms with Gasteiger partial charge in [0, 0.05) is 25.7 Å². The lowest BCUT2D eigenvalue weighted by Gasteiger charge is -2.23. The van der Waals surface area contributed by atoms with Gasteiger partial charge in [-0.15, -0.1) is 0 Å². The number of benzene rings is 1. The van der Waals surface area contributed by atoms with Crippen molar-refractivity contribution >= 4 is 17.4 Å². The molecule has 22 heavy (non-hydrogen) atoms. The Labute approximate surface area is 129 Å². The number of nitrogens with zero attached hydrogens (tertiary/aromatic N) is 4. The Morgan fingerprint density at radius 1 is 1.27 bits per heavy atom. The van der Waals surface area contributed by atoms with Gasteiger partial charge in [-0.05, 0) is 19.1 Å². The molecule has 2 heterocycles. The van der Waals surface area contributed by atoms with Crippen molar-refractivity contribution in [2.45, 2.75) is 6.92 Å². The van der Waals surface area contributed by atoms with Crippen LogP contribution in [0.3, 0.4) is 0 Å². The summed E-state index contributed by atoms with van der Waals surface area (Å²) in [5.74, 6) is 0.183. The molecule has 2 aliphatic heterocycles. The van der Waals surface area contributed by atoms with E-state index in [1.807, 2.05) is 54.2 Å². The summed E-state index contributed by atoms with van der Waals surface area (Å²) in [4.78, 5) is 15.1. The van der Waals surface area contributed by atoms with E-state index in [-0.39, 0.29) is 6.54 Å². The quantitative estimate of drug-likeness (QED) is 0.915. The van der Waals surface area contributed by atoms with Crippen LogP contribution in [0.25, 0.3) is 0 Å². The van der Waals surface area contributed by atoms with Gasteiger partial charge in [0.15, 0.2) is 0 Å². The summed E-state index contributed by atoms with van der Waals surface area (Å²) in [5, 5.41) is 15.7. The highest BCUT2D eigenvalue weighted by molar-refractivity contribution is 6.02. The molecular weight excluding hydrogens is 280 g/mol. The Hall–Kier alpha value is -2.50. The molecule has 116 valence electrons. The molecule has 3 rings (SSSR count). The summed E-state index contributed by atoms with van der Waals surface area (Å²) in [5.41, 5.74) is 3.09. The summed E-state index contributed by atoms with van der Waals surface area (Å²) < 4.78 is 0. The zero-order valence-corrected chi connectivity index (χ0v) is 12.9. The first-order chi connectivity index (χ1) is 10.6. The molecule has 1 fully saturated rings. The number of likely N-dealkylation sites (N-methyl/N-ethyl adjacent to an activating group) is 1. The molecule has 2 aliphatic rings. The summed E-state index contributed by atoms with van der Waals surface area (Å²) in [6, 6.07) is 10.0. The average Bonchev–Trinajstić information content (AvgIpc) is 3.03. The molecule has 0 spiro atoms. The number of hydrogen-bond acceptors (Lipinski definition) is 5. The molecule has 0 atom stereocenters. The van der Waals surface area contributed by atoms with Crippen LogP contribution in [-0.2, 0) is 4.79 Å². The number of hydrogen-bond donors (Lipinski definition) is 1. The minimum absolute atomic E-state index is 0.0296. The first kappa shape index (κ1) is 14.4. The van der Waals surface area contributed by atoms with E-state index in [4.69, 9.17) is 5.11 Å². The monoisotopic (exact) mass is 300 g/mol. The number of rotatable bonds is 3. The maximum atomic E-state index is 11.1. The van der Waals surface area contributed by atoms with Crippen molar-refractivity contribution in [1.82, 2.24) is 9.80 Å². The van der Waals surface area contributed by atoms with Crippen molar-refractivity contribution in [1.29, 1.82) is 0 Å². The summed E-state index contributed by atoms with van der Waals surface area (Å²) in [7, 11) is 2.00. The Kier molecular flexibility index (Phi) is 3.75. The Balaban J connectivity index is 1.90. The number of carboxylic acids is 1. The topological polar surface area (TPSA) is 59.4 Å². The van der Waals surface area contributed by atoms with E-state index in [0.717, 1.165) is 35.9 Å². The van der Waals surface area contributed by atoms with Gasteiger partial charge in [0.25, 0.3) is 0 Å². The zero-order chi connectivity index (χ0) is 15.7. The average molecular weight is 300 g/mol. The van der Waals surface area contributed by atoms with Crippen LogP contribution in [0.5, 0.6) is 0 Å². The summed E-state index contributed by atoms with van der Waals surface area (Å²) >= 11 is 0. The highest BCUT2D eigenvalue weighted by Crippen LogP contribution is 2.28. The molecule has 0 amide bonds. The molecule has 1 aromatic rings. The van der Waals surface area contributed by atoms with Gasteiger partial charge < -0.3 is 14.9 Å². The lowest BCUT2D eigenvalue weighted by atomic mass is 10.1. The molecule has 0 aliphatic carbocycles. The smallest absolute Gasteiger partial charge is 0.323 e. The van der Waals surface area contributed by atoms with Gasteiger partial charge in [0.1, 0.15) is 12.4 Å². The summed E-state index contributed by atoms with van der Waals surface area (Å²) in [6.07, 6.45) is 0. The lowest BCUT2D eigenvalue weighted by molar-refractivity contribution is -0.137. The molecular formula is C16H20N4O2. The molecule has 6 nitrogen and oxygen atoms in total. The van der Waals surface area contributed by atoms with Gasteiger partial charge in [-0.2, -0.15) is 5.10 Å². The number of anilines is 1. The molecule has 0 bridgehead atoms. The molecule has 0 unspecified atom stereocenters. The zero-order valence-electron chi connectivity index (χ0n) is 12.9. The fraction of sp³-hybridized carbons (Fsp3) is 0.375. The highest BCUT2D eigenvalue weighted by atomic mass is 16.4. The van der Waals surface area contributed by atoms with Crippen molar-refractivity contribution in [2.75, 3.05) is 38.2 Å². The van der Waals surface area contributed by atoms with Gasteiger partial charge in [-0.25, -0.2) is 0 Å². The third kappa shape index (κ3) is 2.64. The maximum absolute atomic E-state index is 11.1. The van der Waals surface area contributed by atoms with Crippen molar-refractivity contribution in [3.05, 3.63) is 41.7 Å². The van der Waals surface area contributed by atoms with Crippen molar-refractivity contribution in [2.24, 2.45) is 5.10 Å². The number of hydrazone groups is 1. The van der Waals surface area contributed by atoms with E-state index >= 15 is 0 Å². The molecule has 0 radical (unpaired) electrons. The minimum atomic E-state index is -0.805. The number of carbonyl (C=O) groups is 1. The molecule has 1 saturated heterocycles. The van der Waals surface area contributed by atoms with Crippen LogP contribution in [-0.4, -0.2) is 59.8 Å². The maximum Gasteiger partial charge on any atom is 0.323 e. The fourth-order valence-electron chi connectivity index (χ4n) is 2.98. The third-order valence-corrected chi connectivity index (χ3v) is 4.03. The van der Waals surface area contributed by atoms with E-state index in [0.29, 0.717) is 6.54 Å². The van der Waals surface area contributed by atoms with Crippen molar-refractivity contribution < 1.29 is 9.90 Å². The van der Waals surface area contributed by atoms with E-state index in [2.05, 4.69) is 10.0 Å². The normalized spacial score (nSPS) is 21.5. The number of aliphatic carboxylic acids is 1. The molecule has 1 aromatic carbocycles. The largest absolute Gasteiger partial charge is 0.480 e. The van der Waals surface area contributed by atoms with Gasteiger partial charge in [0.2, 0.25) is 0 Å². The van der Waals surface area contributed by atoms with Crippen LogP contribution < -0.4 is 5.01 Å². The first-order valence-corrected chi connectivity index (χ1v) is 7.35. The standard InChI is InChI=1S/C16H20N4O2/c1-12-14(10-20(17-12)13-6-4-3-5-7-13)16-18(2)8-9-19(16)11-15(21)22/h3-7H,8-11H2,1-2H3,(H,21,22)/b16-14+. The van der Waals surface area contributed by atoms with Gasteiger partial charge in [-0.3, -0.25) is 9.80 Å². The van der Waals surface area contributed by atoms with E-state index in [9.17, 15) is 4.79 Å². The van der Waals surface area contributed by atoms with Gasteiger partial charge in [-0.1, -0.05) is 18.2 Å². The van der Waals surface area contributed by atoms with Crippen LogP contribution >= 0.6 is 0 Å². The second-order valence-electron chi connectivity index (χ2n) is 5.62. The second kappa shape index (κ2) is 5.71. The fourth-order valence-corrected chi connectivity index (χ4v) is 2.98. The van der Waals surface area contributed by atoms with Crippen LogP contribution in [0, 0.1) is 0 Å². The summed E-state index contributed by atoms with van der Waals surface area (Å²) in [6.45, 7) is 4.26. The predicted octanol–water partition coefficient (Wildman–Crippen LogP) is 1.43. The number of carboxylic acid groups (broad SMARTS) is 1. The SMILES string of the molecule is CC1=NN(c2ccccc2)C/C1=C1/N(C)CCN1CC(=O)O. The van der Waals surface area contributed by atoms with Crippen LogP contribution in [0.4, 0.5) is 5.69 Å². The highest BCUT2D eigenvalue weighted by Gasteiger charge is 2.31. The Bertz CT molecular complexity index is 639. The second-order valence-corrected chi connectivity index (χ2v) is 5.62. The third-order valence-electron chi connectivity index (χ3n) is 4.03.